The van der Waals surface area contributed by atoms with Crippen LogP contribution in [0.25, 0.3) is 0 Å². The number of hydrogen-bond acceptors (Lipinski definition) is 4. The first-order valence-corrected chi connectivity index (χ1v) is 6.96. The van der Waals surface area contributed by atoms with Gasteiger partial charge in [-0.1, -0.05) is 17.7 Å². The number of para-hydroxylation sites is 1. The molecule has 0 saturated carbocycles. The van der Waals surface area contributed by atoms with Gasteiger partial charge in [-0.15, -0.1) is 6.58 Å². The van der Waals surface area contributed by atoms with Gasteiger partial charge in [0.25, 0.3) is 0 Å². The molecule has 0 amide bonds. The van der Waals surface area contributed by atoms with Crippen LogP contribution in [0.4, 0.5) is 10.1 Å². The quantitative estimate of drug-likeness (QED) is 0.569. The van der Waals surface area contributed by atoms with Gasteiger partial charge in [0.05, 0.1) is 18.0 Å². The first-order valence-electron chi connectivity index (χ1n) is 6.96. The molecule has 2 rings (SSSR count). The van der Waals surface area contributed by atoms with Crippen LogP contribution in [0.5, 0.6) is 0 Å². The van der Waals surface area contributed by atoms with Crippen molar-refractivity contribution in [1.29, 1.82) is 0 Å². The van der Waals surface area contributed by atoms with Gasteiger partial charge in [-0.3, -0.25) is 0 Å². The van der Waals surface area contributed by atoms with E-state index in [1.54, 1.807) is 24.5 Å². The molecule has 0 bridgehead atoms. The number of halogens is 1. The smallest absolute Gasteiger partial charge is 0.414 e. The maximum Gasteiger partial charge on any atom is 0.414 e. The first kappa shape index (κ1) is 19.0. The normalized spacial score (nSPS) is 10.9. The van der Waals surface area contributed by atoms with Gasteiger partial charge in [0.15, 0.2) is 0 Å². The number of rotatable bonds is 5. The predicted octanol–water partition coefficient (Wildman–Crippen LogP) is 3.69. The molecule has 3 N–H and O–H groups in total. The topological polar surface area (TPSA) is 99.8 Å². The van der Waals surface area contributed by atoms with Gasteiger partial charge in [-0.2, -0.15) is 0 Å². The molecule has 0 aliphatic rings. The highest BCUT2D eigenvalue weighted by Gasteiger charge is 2.15. The summed E-state index contributed by atoms with van der Waals surface area (Å²) in [5.41, 5.74) is 1.49. The zero-order valence-corrected chi connectivity index (χ0v) is 13.0. The van der Waals surface area contributed by atoms with E-state index in [1.165, 1.54) is 6.07 Å². The summed E-state index contributed by atoms with van der Waals surface area (Å²) in [6.07, 6.45) is 2.31. The van der Waals surface area contributed by atoms with E-state index in [-0.39, 0.29) is 11.9 Å². The van der Waals surface area contributed by atoms with Crippen molar-refractivity contribution >= 4 is 17.6 Å². The van der Waals surface area contributed by atoms with Crippen LogP contribution >= 0.6 is 0 Å². The summed E-state index contributed by atoms with van der Waals surface area (Å²) in [5.74, 6) is -3.14. The van der Waals surface area contributed by atoms with Gasteiger partial charge in [-0.25, -0.2) is 14.0 Å². The molecule has 0 radical (unpaired) electrons. The highest BCUT2D eigenvalue weighted by Crippen LogP contribution is 2.26. The monoisotopic (exact) mass is 335 g/mol. The molecular weight excluding hydrogens is 317 g/mol. The summed E-state index contributed by atoms with van der Waals surface area (Å²) in [4.78, 5) is 18.2. The van der Waals surface area contributed by atoms with Crippen LogP contribution in [-0.2, 0) is 9.59 Å². The Bertz CT molecular complexity index is 685. The minimum atomic E-state index is -1.82. The van der Waals surface area contributed by atoms with Crippen molar-refractivity contribution in [3.63, 3.8) is 0 Å². The summed E-state index contributed by atoms with van der Waals surface area (Å²) in [6.45, 7) is 5.84. The van der Waals surface area contributed by atoms with Crippen molar-refractivity contribution in [3.05, 3.63) is 66.4 Å². The van der Waals surface area contributed by atoms with Crippen LogP contribution in [0.2, 0.25) is 0 Å². The summed E-state index contributed by atoms with van der Waals surface area (Å²) >= 11 is 0. The van der Waals surface area contributed by atoms with E-state index in [0.29, 0.717) is 12.1 Å². The standard InChI is InChI=1S/C15H16FNO.C2H2O4/c1-11(2)10-14(15-8-5-9-18-15)17-13-7-4-3-6-12(13)16;3-1(4)2(5)6/h3-9,14,17H,1,10H2,2H3;(H,3,4)(H,5,6). The van der Waals surface area contributed by atoms with Gasteiger partial charge in [0.2, 0.25) is 0 Å². The number of benzene rings is 1. The molecule has 0 aliphatic heterocycles. The number of anilines is 1. The van der Waals surface area contributed by atoms with Gasteiger partial charge in [0.1, 0.15) is 11.6 Å². The van der Waals surface area contributed by atoms with E-state index in [2.05, 4.69) is 11.9 Å². The van der Waals surface area contributed by atoms with E-state index < -0.39 is 11.9 Å². The van der Waals surface area contributed by atoms with Crippen LogP contribution in [0.3, 0.4) is 0 Å². The fourth-order valence-corrected chi connectivity index (χ4v) is 1.83. The van der Waals surface area contributed by atoms with Crippen LogP contribution in [0.1, 0.15) is 25.1 Å². The number of nitrogens with one attached hydrogen (secondary N) is 1. The lowest BCUT2D eigenvalue weighted by molar-refractivity contribution is -0.159. The first-order chi connectivity index (χ1) is 11.3. The fourth-order valence-electron chi connectivity index (χ4n) is 1.83. The van der Waals surface area contributed by atoms with Crippen LogP contribution in [-0.4, -0.2) is 22.2 Å². The molecule has 0 saturated heterocycles. The molecule has 1 aromatic heterocycles. The second-order valence-corrected chi connectivity index (χ2v) is 4.96. The van der Waals surface area contributed by atoms with Crippen LogP contribution < -0.4 is 5.32 Å². The molecule has 1 aromatic carbocycles. The molecule has 7 heteroatoms. The maximum atomic E-state index is 13.6. The lowest BCUT2D eigenvalue weighted by Gasteiger charge is -2.18. The summed E-state index contributed by atoms with van der Waals surface area (Å²) in [5, 5.41) is 17.9. The van der Waals surface area contributed by atoms with E-state index in [0.717, 1.165) is 11.3 Å². The second kappa shape index (κ2) is 9.14. The number of aliphatic carboxylic acids is 2. The predicted molar refractivity (Wildman–Crippen MR) is 86.2 cm³/mol. The zero-order valence-electron chi connectivity index (χ0n) is 13.0. The lowest BCUT2D eigenvalue weighted by atomic mass is 10.1. The van der Waals surface area contributed by atoms with E-state index in [9.17, 15) is 4.39 Å². The molecule has 1 atom stereocenters. The number of carboxylic acids is 2. The second-order valence-electron chi connectivity index (χ2n) is 4.96. The third-order valence-electron chi connectivity index (χ3n) is 2.83. The largest absolute Gasteiger partial charge is 0.473 e. The number of hydrogen-bond donors (Lipinski definition) is 3. The van der Waals surface area contributed by atoms with Gasteiger partial charge in [-0.05, 0) is 37.6 Å². The summed E-state index contributed by atoms with van der Waals surface area (Å²) in [6, 6.07) is 10.2. The van der Waals surface area contributed by atoms with Crippen molar-refractivity contribution in [3.8, 4) is 0 Å². The summed E-state index contributed by atoms with van der Waals surface area (Å²) < 4.78 is 19.0. The molecule has 0 aliphatic carbocycles. The highest BCUT2D eigenvalue weighted by atomic mass is 19.1. The number of furan rings is 1. The molecule has 2 aromatic rings. The molecule has 6 nitrogen and oxygen atoms in total. The maximum absolute atomic E-state index is 13.6. The molecule has 1 heterocycles. The number of carbonyl (C=O) groups is 2. The van der Waals surface area contributed by atoms with Crippen molar-refractivity contribution in [2.75, 3.05) is 5.32 Å². The fraction of sp³-hybridized carbons (Fsp3) is 0.176. The molecular formula is C17H18FNO5. The Morgan fingerprint density at radius 1 is 1.21 bits per heavy atom. The van der Waals surface area contributed by atoms with Gasteiger partial charge < -0.3 is 19.9 Å². The van der Waals surface area contributed by atoms with Crippen molar-refractivity contribution in [2.45, 2.75) is 19.4 Å². The molecule has 128 valence electrons. The molecule has 24 heavy (non-hydrogen) atoms. The molecule has 0 spiro atoms. The van der Waals surface area contributed by atoms with E-state index >= 15 is 0 Å². The Morgan fingerprint density at radius 3 is 2.29 bits per heavy atom. The minimum absolute atomic E-state index is 0.102. The molecule has 1 unspecified atom stereocenters. The van der Waals surface area contributed by atoms with Crippen molar-refractivity contribution in [1.82, 2.24) is 0 Å². The van der Waals surface area contributed by atoms with Crippen LogP contribution in [0.15, 0.2) is 59.2 Å². The molecule has 0 fully saturated rings. The summed E-state index contributed by atoms with van der Waals surface area (Å²) in [7, 11) is 0. The Kier molecular flexibility index (Phi) is 7.22. The number of carboxylic acid groups (broad SMARTS) is 2. The van der Waals surface area contributed by atoms with Gasteiger partial charge in [0, 0.05) is 0 Å². The Hall–Kier alpha value is -3.09. The van der Waals surface area contributed by atoms with Crippen LogP contribution in [0, 0.1) is 5.82 Å². The Morgan fingerprint density at radius 2 is 1.83 bits per heavy atom. The lowest BCUT2D eigenvalue weighted by Crippen LogP contribution is -2.11. The Balaban J connectivity index is 0.000000413. The zero-order chi connectivity index (χ0) is 18.1. The minimum Gasteiger partial charge on any atom is -0.473 e. The average molecular weight is 335 g/mol. The van der Waals surface area contributed by atoms with Crippen molar-refractivity contribution < 1.29 is 28.6 Å². The highest BCUT2D eigenvalue weighted by molar-refractivity contribution is 6.27. The average Bonchev–Trinajstić information content (AvgIpc) is 3.03. The third-order valence-corrected chi connectivity index (χ3v) is 2.83. The Labute approximate surface area is 138 Å². The van der Waals surface area contributed by atoms with E-state index in [4.69, 9.17) is 24.2 Å². The van der Waals surface area contributed by atoms with Crippen molar-refractivity contribution in [2.24, 2.45) is 0 Å². The third kappa shape index (κ3) is 6.35. The van der Waals surface area contributed by atoms with E-state index in [1.807, 2.05) is 19.1 Å². The van der Waals surface area contributed by atoms with Gasteiger partial charge >= 0.3 is 11.9 Å². The SMILES string of the molecule is C=C(C)CC(Nc1ccccc1F)c1ccco1.O=C(O)C(=O)O.